The van der Waals surface area contributed by atoms with Crippen LogP contribution in [0.5, 0.6) is 0 Å². The summed E-state index contributed by atoms with van der Waals surface area (Å²) in [7, 11) is 0. The highest BCUT2D eigenvalue weighted by Gasteiger charge is 2.04. The summed E-state index contributed by atoms with van der Waals surface area (Å²) >= 11 is 1.81. The van der Waals surface area contributed by atoms with Crippen molar-refractivity contribution in [3.05, 3.63) is 57.8 Å². The van der Waals surface area contributed by atoms with Crippen molar-refractivity contribution in [2.45, 2.75) is 32.4 Å². The average Bonchev–Trinajstić information content (AvgIpc) is 2.83. The van der Waals surface area contributed by atoms with E-state index in [2.05, 4.69) is 48.0 Å². The number of hydrogen-bond acceptors (Lipinski definition) is 3. The maximum Gasteiger partial charge on any atom is 0.0303 e. The molecule has 1 unspecified atom stereocenters. The van der Waals surface area contributed by atoms with E-state index < -0.39 is 0 Å². The molecular weight excluding hydrogens is 252 g/mol. The van der Waals surface area contributed by atoms with E-state index in [4.69, 9.17) is 5.73 Å². The Bertz CT molecular complexity index is 479. The van der Waals surface area contributed by atoms with Crippen molar-refractivity contribution in [1.82, 2.24) is 5.32 Å². The first-order valence-electron chi connectivity index (χ1n) is 6.79. The Morgan fingerprint density at radius 3 is 2.68 bits per heavy atom. The van der Waals surface area contributed by atoms with Crippen LogP contribution in [0.15, 0.2) is 41.8 Å². The SMILES string of the molecule is Cc1ccsc1CNCC(N)CCc1ccccc1. The Hall–Kier alpha value is -1.16. The van der Waals surface area contributed by atoms with Gasteiger partial charge in [-0.1, -0.05) is 30.3 Å². The molecule has 0 bridgehead atoms. The first-order valence-corrected chi connectivity index (χ1v) is 7.67. The summed E-state index contributed by atoms with van der Waals surface area (Å²) in [6, 6.07) is 12.9. The lowest BCUT2D eigenvalue weighted by Gasteiger charge is -2.12. The molecule has 1 aromatic carbocycles. The molecule has 0 amide bonds. The maximum absolute atomic E-state index is 6.14. The molecule has 0 spiro atoms. The molecule has 19 heavy (non-hydrogen) atoms. The van der Waals surface area contributed by atoms with Crippen molar-refractivity contribution >= 4 is 11.3 Å². The lowest BCUT2D eigenvalue weighted by Crippen LogP contribution is -2.33. The Labute approximate surface area is 119 Å². The van der Waals surface area contributed by atoms with Crippen LogP contribution in [0.1, 0.15) is 22.4 Å². The van der Waals surface area contributed by atoms with E-state index in [0.29, 0.717) is 0 Å². The molecule has 2 rings (SSSR count). The Morgan fingerprint density at radius 1 is 1.21 bits per heavy atom. The molecule has 0 saturated heterocycles. The van der Waals surface area contributed by atoms with E-state index in [-0.39, 0.29) is 6.04 Å². The molecular formula is C16H22N2S. The molecule has 0 aliphatic rings. The number of thiophene rings is 1. The van der Waals surface area contributed by atoms with Crippen LogP contribution in [-0.2, 0) is 13.0 Å². The molecule has 1 aromatic heterocycles. The fourth-order valence-electron chi connectivity index (χ4n) is 2.06. The van der Waals surface area contributed by atoms with Gasteiger partial charge in [0.1, 0.15) is 0 Å². The van der Waals surface area contributed by atoms with Crippen LogP contribution in [0, 0.1) is 6.92 Å². The van der Waals surface area contributed by atoms with Crippen LogP contribution in [0.4, 0.5) is 0 Å². The molecule has 2 nitrogen and oxygen atoms in total. The van der Waals surface area contributed by atoms with Gasteiger partial charge in [0.25, 0.3) is 0 Å². The second-order valence-corrected chi connectivity index (χ2v) is 5.94. The van der Waals surface area contributed by atoms with Gasteiger partial charge in [-0.3, -0.25) is 0 Å². The molecule has 0 aliphatic heterocycles. The van der Waals surface area contributed by atoms with Crippen LogP contribution < -0.4 is 11.1 Å². The maximum atomic E-state index is 6.14. The summed E-state index contributed by atoms with van der Waals surface area (Å²) in [6.07, 6.45) is 2.09. The number of benzene rings is 1. The summed E-state index contributed by atoms with van der Waals surface area (Å²) in [5.74, 6) is 0. The van der Waals surface area contributed by atoms with Gasteiger partial charge in [0.15, 0.2) is 0 Å². The topological polar surface area (TPSA) is 38.0 Å². The van der Waals surface area contributed by atoms with E-state index in [9.17, 15) is 0 Å². The van der Waals surface area contributed by atoms with E-state index in [1.54, 1.807) is 0 Å². The normalized spacial score (nSPS) is 12.5. The lowest BCUT2D eigenvalue weighted by molar-refractivity contribution is 0.546. The summed E-state index contributed by atoms with van der Waals surface area (Å²) in [6.45, 7) is 3.97. The van der Waals surface area contributed by atoms with E-state index in [0.717, 1.165) is 25.9 Å². The molecule has 0 aliphatic carbocycles. The zero-order valence-electron chi connectivity index (χ0n) is 11.4. The van der Waals surface area contributed by atoms with Crippen LogP contribution in [0.25, 0.3) is 0 Å². The Morgan fingerprint density at radius 2 is 2.00 bits per heavy atom. The molecule has 2 aromatic rings. The Kier molecular flexibility index (Phi) is 5.58. The van der Waals surface area contributed by atoms with E-state index >= 15 is 0 Å². The third-order valence-corrected chi connectivity index (χ3v) is 4.33. The van der Waals surface area contributed by atoms with Crippen LogP contribution in [-0.4, -0.2) is 12.6 Å². The third-order valence-electron chi connectivity index (χ3n) is 3.31. The van der Waals surface area contributed by atoms with Gasteiger partial charge in [0, 0.05) is 24.0 Å². The zero-order chi connectivity index (χ0) is 13.5. The van der Waals surface area contributed by atoms with Gasteiger partial charge in [-0.15, -0.1) is 11.3 Å². The number of rotatable bonds is 7. The van der Waals surface area contributed by atoms with Gasteiger partial charge in [0.05, 0.1) is 0 Å². The molecule has 0 fully saturated rings. The molecule has 3 N–H and O–H groups in total. The summed E-state index contributed by atoms with van der Waals surface area (Å²) in [4.78, 5) is 1.41. The van der Waals surface area contributed by atoms with Crippen molar-refractivity contribution in [3.8, 4) is 0 Å². The predicted molar refractivity (Wildman–Crippen MR) is 83.5 cm³/mol. The molecule has 0 radical (unpaired) electrons. The second kappa shape index (κ2) is 7.43. The van der Waals surface area contributed by atoms with E-state index in [1.807, 2.05) is 17.4 Å². The molecule has 0 saturated carbocycles. The van der Waals surface area contributed by atoms with Gasteiger partial charge in [-0.25, -0.2) is 0 Å². The second-order valence-electron chi connectivity index (χ2n) is 4.94. The number of nitrogens with two attached hydrogens (primary N) is 1. The highest BCUT2D eigenvalue weighted by Crippen LogP contribution is 2.14. The Balaban J connectivity index is 1.65. The standard InChI is InChI=1S/C16H22N2S/c1-13-9-10-19-16(13)12-18-11-15(17)8-7-14-5-3-2-4-6-14/h2-6,9-10,15,18H,7-8,11-12,17H2,1H3. The quantitative estimate of drug-likeness (QED) is 0.814. The van der Waals surface area contributed by atoms with Gasteiger partial charge < -0.3 is 11.1 Å². The van der Waals surface area contributed by atoms with Crippen molar-refractivity contribution < 1.29 is 0 Å². The predicted octanol–water partition coefficient (Wildman–Crippen LogP) is 3.11. The summed E-state index contributed by atoms with van der Waals surface area (Å²) in [5, 5.41) is 5.59. The third kappa shape index (κ3) is 4.78. The monoisotopic (exact) mass is 274 g/mol. The molecule has 1 atom stereocenters. The summed E-state index contributed by atoms with van der Waals surface area (Å²) in [5.41, 5.74) is 8.88. The van der Waals surface area contributed by atoms with Gasteiger partial charge in [0.2, 0.25) is 0 Å². The molecule has 1 heterocycles. The molecule has 3 heteroatoms. The van der Waals surface area contributed by atoms with Crippen molar-refractivity contribution in [3.63, 3.8) is 0 Å². The van der Waals surface area contributed by atoms with E-state index in [1.165, 1.54) is 16.0 Å². The summed E-state index contributed by atoms with van der Waals surface area (Å²) < 4.78 is 0. The molecule has 102 valence electrons. The van der Waals surface area contributed by atoms with Crippen molar-refractivity contribution in [2.75, 3.05) is 6.54 Å². The minimum absolute atomic E-state index is 0.223. The fourth-order valence-corrected chi connectivity index (χ4v) is 2.93. The highest BCUT2D eigenvalue weighted by atomic mass is 32.1. The lowest BCUT2D eigenvalue weighted by atomic mass is 10.1. The number of hydrogen-bond donors (Lipinski definition) is 2. The largest absolute Gasteiger partial charge is 0.327 e. The smallest absolute Gasteiger partial charge is 0.0303 e. The van der Waals surface area contributed by atoms with Gasteiger partial charge >= 0.3 is 0 Å². The van der Waals surface area contributed by atoms with Crippen molar-refractivity contribution in [2.24, 2.45) is 5.73 Å². The average molecular weight is 274 g/mol. The first kappa shape index (κ1) is 14.3. The van der Waals surface area contributed by atoms with Crippen LogP contribution in [0.3, 0.4) is 0 Å². The van der Waals surface area contributed by atoms with Gasteiger partial charge in [-0.2, -0.15) is 0 Å². The minimum atomic E-state index is 0.223. The number of nitrogens with one attached hydrogen (secondary N) is 1. The van der Waals surface area contributed by atoms with Gasteiger partial charge in [-0.05, 0) is 42.3 Å². The van der Waals surface area contributed by atoms with Crippen LogP contribution in [0.2, 0.25) is 0 Å². The zero-order valence-corrected chi connectivity index (χ0v) is 12.2. The minimum Gasteiger partial charge on any atom is -0.327 e. The van der Waals surface area contributed by atoms with Crippen LogP contribution >= 0.6 is 11.3 Å². The van der Waals surface area contributed by atoms with Crippen molar-refractivity contribution in [1.29, 1.82) is 0 Å². The number of aryl methyl sites for hydroxylation is 2. The first-order chi connectivity index (χ1) is 9.25. The fraction of sp³-hybridized carbons (Fsp3) is 0.375. The highest BCUT2D eigenvalue weighted by molar-refractivity contribution is 7.10.